The highest BCUT2D eigenvalue weighted by molar-refractivity contribution is 5.95. The number of nitrogens with zero attached hydrogens (tertiary/aromatic N) is 1. The maximum atomic E-state index is 13.5. The molecule has 0 bridgehead atoms. The second-order valence-corrected chi connectivity index (χ2v) is 7.42. The van der Waals surface area contributed by atoms with Crippen molar-refractivity contribution in [2.45, 2.75) is 33.5 Å². The van der Waals surface area contributed by atoms with Gasteiger partial charge in [0.05, 0.1) is 11.3 Å². The summed E-state index contributed by atoms with van der Waals surface area (Å²) in [4.78, 5) is 0. The van der Waals surface area contributed by atoms with E-state index in [4.69, 9.17) is 0 Å². The lowest BCUT2D eigenvalue weighted by molar-refractivity contribution is -0.138. The summed E-state index contributed by atoms with van der Waals surface area (Å²) in [6, 6.07) is 20.2. The molecule has 29 heavy (non-hydrogen) atoms. The first-order chi connectivity index (χ1) is 13.4. The third-order valence-corrected chi connectivity index (χ3v) is 5.61. The van der Waals surface area contributed by atoms with Gasteiger partial charge in [-0.05, 0) is 41.8 Å². The standard InChI is InChI=1S/C24H18F3N.CH4/c1-15-10-11-22-19(12-15)20-13-16-6-2-4-8-18(16)23(20)28(22)14-17-7-3-5-9-21(17)24(25,26)27;/h2-12H,13-14H2,1H3;1H4. The summed E-state index contributed by atoms with van der Waals surface area (Å²) in [7, 11) is 0. The maximum Gasteiger partial charge on any atom is 0.416 e. The van der Waals surface area contributed by atoms with Crippen LogP contribution >= 0.6 is 0 Å². The first-order valence-corrected chi connectivity index (χ1v) is 9.28. The number of alkyl halides is 3. The van der Waals surface area contributed by atoms with E-state index in [2.05, 4.69) is 22.8 Å². The third kappa shape index (κ3) is 3.03. The molecule has 0 unspecified atom stereocenters. The maximum absolute atomic E-state index is 13.5. The summed E-state index contributed by atoms with van der Waals surface area (Å²) in [5.41, 5.74) is 6.48. The Kier molecular flexibility index (Phi) is 4.53. The molecular weight excluding hydrogens is 371 g/mol. The second kappa shape index (κ2) is 6.80. The van der Waals surface area contributed by atoms with Crippen LogP contribution in [0.15, 0.2) is 66.7 Å². The molecule has 0 spiro atoms. The van der Waals surface area contributed by atoms with Gasteiger partial charge in [-0.3, -0.25) is 0 Å². The van der Waals surface area contributed by atoms with Crippen molar-refractivity contribution in [1.29, 1.82) is 0 Å². The van der Waals surface area contributed by atoms with E-state index in [0.717, 1.165) is 34.1 Å². The normalized spacial score (nSPS) is 12.6. The topological polar surface area (TPSA) is 4.93 Å². The van der Waals surface area contributed by atoms with Gasteiger partial charge in [-0.25, -0.2) is 0 Å². The Labute approximate surface area is 168 Å². The van der Waals surface area contributed by atoms with E-state index in [-0.39, 0.29) is 14.0 Å². The zero-order valence-electron chi connectivity index (χ0n) is 15.3. The monoisotopic (exact) mass is 393 g/mol. The van der Waals surface area contributed by atoms with Gasteiger partial charge in [-0.1, -0.05) is 61.5 Å². The number of hydrogen-bond acceptors (Lipinski definition) is 0. The van der Waals surface area contributed by atoms with Crippen molar-refractivity contribution in [2.75, 3.05) is 0 Å². The molecule has 1 aromatic heterocycles. The Hall–Kier alpha value is -3.01. The molecule has 0 fully saturated rings. The number of aromatic nitrogens is 1. The summed E-state index contributed by atoms with van der Waals surface area (Å²) in [5, 5.41) is 1.13. The van der Waals surface area contributed by atoms with E-state index in [1.165, 1.54) is 23.3 Å². The van der Waals surface area contributed by atoms with E-state index in [9.17, 15) is 13.2 Å². The predicted octanol–water partition coefficient (Wildman–Crippen LogP) is 7.22. The van der Waals surface area contributed by atoms with Crippen LogP contribution in [0.2, 0.25) is 0 Å². The van der Waals surface area contributed by atoms with Gasteiger partial charge in [0.15, 0.2) is 0 Å². The summed E-state index contributed by atoms with van der Waals surface area (Å²) in [6.07, 6.45) is -3.55. The largest absolute Gasteiger partial charge is 0.416 e. The average Bonchev–Trinajstić information content (AvgIpc) is 3.17. The summed E-state index contributed by atoms with van der Waals surface area (Å²) in [5.74, 6) is 0. The van der Waals surface area contributed by atoms with Crippen LogP contribution in [-0.4, -0.2) is 4.57 Å². The highest BCUT2D eigenvalue weighted by Gasteiger charge is 2.34. The fourth-order valence-corrected chi connectivity index (χ4v) is 4.39. The lowest BCUT2D eigenvalue weighted by Gasteiger charge is -2.16. The smallest absolute Gasteiger partial charge is 0.336 e. The first kappa shape index (κ1) is 19.3. The van der Waals surface area contributed by atoms with Gasteiger partial charge in [-0.15, -0.1) is 0 Å². The molecule has 1 aliphatic carbocycles. The van der Waals surface area contributed by atoms with Crippen LogP contribution in [0.4, 0.5) is 13.2 Å². The Balaban J connectivity index is 0.00000205. The molecule has 0 atom stereocenters. The van der Waals surface area contributed by atoms with Crippen LogP contribution in [0.5, 0.6) is 0 Å². The van der Waals surface area contributed by atoms with E-state index < -0.39 is 11.7 Å². The van der Waals surface area contributed by atoms with Crippen LogP contribution in [0, 0.1) is 6.92 Å². The lowest BCUT2D eigenvalue weighted by atomic mass is 10.1. The van der Waals surface area contributed by atoms with Gasteiger partial charge in [-0.2, -0.15) is 13.2 Å². The van der Waals surface area contributed by atoms with E-state index in [1.807, 2.05) is 31.2 Å². The molecule has 4 aromatic rings. The summed E-state index contributed by atoms with van der Waals surface area (Å²) >= 11 is 0. The number of benzene rings is 3. The molecule has 0 saturated heterocycles. The van der Waals surface area contributed by atoms with Crippen molar-refractivity contribution in [3.63, 3.8) is 0 Å². The molecule has 1 aliphatic rings. The quantitative estimate of drug-likeness (QED) is 0.298. The molecule has 3 aromatic carbocycles. The molecule has 0 aliphatic heterocycles. The number of halogens is 3. The fraction of sp³-hybridized carbons (Fsp3) is 0.200. The lowest BCUT2D eigenvalue weighted by Crippen LogP contribution is -2.12. The fourth-order valence-electron chi connectivity index (χ4n) is 4.39. The number of aryl methyl sites for hydroxylation is 1. The van der Waals surface area contributed by atoms with E-state index >= 15 is 0 Å². The Bertz CT molecular complexity index is 1210. The molecule has 0 N–H and O–H groups in total. The molecule has 0 radical (unpaired) electrons. The highest BCUT2D eigenvalue weighted by Crippen LogP contribution is 2.44. The van der Waals surface area contributed by atoms with Gasteiger partial charge in [0, 0.05) is 29.4 Å². The molecular formula is C25H22F3N. The van der Waals surface area contributed by atoms with Crippen LogP contribution in [0.1, 0.15) is 35.2 Å². The predicted molar refractivity (Wildman–Crippen MR) is 112 cm³/mol. The van der Waals surface area contributed by atoms with Crippen molar-refractivity contribution in [1.82, 2.24) is 4.57 Å². The van der Waals surface area contributed by atoms with E-state index in [0.29, 0.717) is 5.56 Å². The van der Waals surface area contributed by atoms with Crippen LogP contribution in [0.3, 0.4) is 0 Å². The van der Waals surface area contributed by atoms with Crippen molar-refractivity contribution in [3.8, 4) is 11.3 Å². The molecule has 1 heterocycles. The average molecular weight is 393 g/mol. The minimum Gasteiger partial charge on any atom is -0.336 e. The van der Waals surface area contributed by atoms with Gasteiger partial charge in [0.1, 0.15) is 0 Å². The number of hydrogen-bond donors (Lipinski definition) is 0. The second-order valence-electron chi connectivity index (χ2n) is 7.42. The Morgan fingerprint density at radius 2 is 1.66 bits per heavy atom. The van der Waals surface area contributed by atoms with Gasteiger partial charge in [0.25, 0.3) is 0 Å². The number of rotatable bonds is 2. The van der Waals surface area contributed by atoms with Gasteiger partial charge < -0.3 is 4.57 Å². The zero-order valence-corrected chi connectivity index (χ0v) is 15.3. The minimum absolute atomic E-state index is 0. The van der Waals surface area contributed by atoms with Crippen LogP contribution < -0.4 is 0 Å². The summed E-state index contributed by atoms with van der Waals surface area (Å²) in [6.45, 7) is 2.24. The van der Waals surface area contributed by atoms with Crippen LogP contribution in [0.25, 0.3) is 22.2 Å². The van der Waals surface area contributed by atoms with Gasteiger partial charge in [0.2, 0.25) is 0 Å². The van der Waals surface area contributed by atoms with E-state index in [1.54, 1.807) is 12.1 Å². The number of fused-ring (bicyclic) bond motifs is 5. The molecule has 0 saturated carbocycles. The molecule has 5 rings (SSSR count). The van der Waals surface area contributed by atoms with Crippen molar-refractivity contribution < 1.29 is 13.2 Å². The van der Waals surface area contributed by atoms with Crippen molar-refractivity contribution in [2.24, 2.45) is 0 Å². The molecule has 1 nitrogen and oxygen atoms in total. The molecule has 0 amide bonds. The minimum atomic E-state index is -4.36. The third-order valence-electron chi connectivity index (χ3n) is 5.61. The summed E-state index contributed by atoms with van der Waals surface area (Å²) < 4.78 is 42.7. The zero-order chi connectivity index (χ0) is 19.5. The first-order valence-electron chi connectivity index (χ1n) is 9.28. The SMILES string of the molecule is C.Cc1ccc2c(c1)c1c(n2Cc2ccccc2C(F)(F)F)-c2ccccc2C1. The van der Waals surface area contributed by atoms with Gasteiger partial charge >= 0.3 is 6.18 Å². The van der Waals surface area contributed by atoms with Crippen molar-refractivity contribution in [3.05, 3.63) is 94.5 Å². The Morgan fingerprint density at radius 1 is 0.931 bits per heavy atom. The highest BCUT2D eigenvalue weighted by atomic mass is 19.4. The Morgan fingerprint density at radius 3 is 2.45 bits per heavy atom. The molecule has 4 heteroatoms. The van der Waals surface area contributed by atoms with Crippen molar-refractivity contribution >= 4 is 10.9 Å². The van der Waals surface area contributed by atoms with Crippen LogP contribution in [-0.2, 0) is 19.1 Å². The molecule has 148 valence electrons.